The summed E-state index contributed by atoms with van der Waals surface area (Å²) >= 11 is 5.43. The maximum atomic E-state index is 10.6. The standard InChI is InChI=1S/C6H6ClNO3S.C3H7NO/c1-4-2-5(12(9,10)11)6(7)8-3-4;1-4(2)3-5/h2-3H,1H3,(H,9,10,11);3H,1-2H3. The number of aromatic nitrogens is 1. The van der Waals surface area contributed by atoms with Crippen molar-refractivity contribution in [2.45, 2.75) is 11.8 Å². The van der Waals surface area contributed by atoms with E-state index in [1.807, 2.05) is 0 Å². The van der Waals surface area contributed by atoms with Crippen molar-refractivity contribution in [3.8, 4) is 0 Å². The average Bonchev–Trinajstić information content (AvgIpc) is 2.21. The van der Waals surface area contributed by atoms with Crippen LogP contribution in [0.1, 0.15) is 5.56 Å². The Morgan fingerprint density at radius 3 is 2.24 bits per heavy atom. The Bertz CT molecular complexity index is 488. The summed E-state index contributed by atoms with van der Waals surface area (Å²) < 4.78 is 29.9. The highest BCUT2D eigenvalue weighted by Gasteiger charge is 2.14. The predicted octanol–water partition coefficient (Wildman–Crippen LogP) is 0.995. The Labute approximate surface area is 105 Å². The van der Waals surface area contributed by atoms with Crippen LogP contribution in [0.3, 0.4) is 0 Å². The smallest absolute Gasteiger partial charge is 0.297 e. The first-order chi connectivity index (χ1) is 7.68. The van der Waals surface area contributed by atoms with Gasteiger partial charge in [-0.2, -0.15) is 8.42 Å². The van der Waals surface area contributed by atoms with E-state index < -0.39 is 10.1 Å². The van der Waals surface area contributed by atoms with E-state index in [0.29, 0.717) is 5.56 Å². The molecule has 0 aliphatic heterocycles. The SMILES string of the molecule is CN(C)C=O.Cc1cnc(Cl)c(S(=O)(=O)O)c1. The number of carbonyl (C=O) groups is 1. The molecule has 0 unspecified atom stereocenters. The van der Waals surface area contributed by atoms with Gasteiger partial charge in [-0.3, -0.25) is 9.35 Å². The van der Waals surface area contributed by atoms with Crippen LogP contribution in [-0.2, 0) is 14.9 Å². The second-order valence-corrected chi connectivity index (χ2v) is 5.09. The molecule has 96 valence electrons. The Kier molecular flexibility index (Phi) is 6.08. The van der Waals surface area contributed by atoms with Crippen LogP contribution in [0.5, 0.6) is 0 Å². The van der Waals surface area contributed by atoms with E-state index in [4.69, 9.17) is 16.2 Å². The van der Waals surface area contributed by atoms with Gasteiger partial charge in [-0.25, -0.2) is 4.98 Å². The van der Waals surface area contributed by atoms with E-state index in [-0.39, 0.29) is 10.0 Å². The minimum Gasteiger partial charge on any atom is -0.351 e. The van der Waals surface area contributed by atoms with Crippen LogP contribution in [0.2, 0.25) is 5.15 Å². The number of halogens is 1. The van der Waals surface area contributed by atoms with Gasteiger partial charge in [0.1, 0.15) is 10.0 Å². The van der Waals surface area contributed by atoms with Gasteiger partial charge in [0.25, 0.3) is 10.1 Å². The van der Waals surface area contributed by atoms with Crippen molar-refractivity contribution in [1.29, 1.82) is 0 Å². The van der Waals surface area contributed by atoms with Gasteiger partial charge >= 0.3 is 0 Å². The van der Waals surface area contributed by atoms with Gasteiger partial charge in [-0.1, -0.05) is 11.6 Å². The van der Waals surface area contributed by atoms with Crippen molar-refractivity contribution in [1.82, 2.24) is 9.88 Å². The number of amides is 1. The zero-order valence-corrected chi connectivity index (χ0v) is 11.2. The van der Waals surface area contributed by atoms with Crippen LogP contribution < -0.4 is 0 Å². The number of hydrogen-bond donors (Lipinski definition) is 1. The molecule has 1 amide bonds. The molecule has 8 heteroatoms. The molecule has 0 aliphatic rings. The highest BCUT2D eigenvalue weighted by molar-refractivity contribution is 7.86. The van der Waals surface area contributed by atoms with E-state index in [0.717, 1.165) is 6.41 Å². The number of rotatable bonds is 2. The van der Waals surface area contributed by atoms with Crippen LogP contribution in [-0.4, -0.2) is 43.4 Å². The Balaban J connectivity index is 0.000000437. The Morgan fingerprint density at radius 1 is 1.47 bits per heavy atom. The van der Waals surface area contributed by atoms with Crippen molar-refractivity contribution in [3.05, 3.63) is 23.0 Å². The topological polar surface area (TPSA) is 87.6 Å². The summed E-state index contributed by atoms with van der Waals surface area (Å²) in [6.45, 7) is 1.65. The number of nitrogens with zero attached hydrogens (tertiary/aromatic N) is 2. The van der Waals surface area contributed by atoms with Crippen LogP contribution in [0, 0.1) is 6.92 Å². The van der Waals surface area contributed by atoms with E-state index in [2.05, 4.69) is 4.98 Å². The summed E-state index contributed by atoms with van der Waals surface area (Å²) in [5.41, 5.74) is 0.618. The molecule has 1 aromatic heterocycles. The first-order valence-electron chi connectivity index (χ1n) is 4.40. The molecule has 1 aromatic rings. The number of carbonyl (C=O) groups excluding carboxylic acids is 1. The van der Waals surface area contributed by atoms with Gasteiger partial charge in [0, 0.05) is 20.3 Å². The molecule has 6 nitrogen and oxygen atoms in total. The largest absolute Gasteiger partial charge is 0.351 e. The first-order valence-corrected chi connectivity index (χ1v) is 6.21. The van der Waals surface area contributed by atoms with Gasteiger partial charge in [-0.15, -0.1) is 0 Å². The maximum absolute atomic E-state index is 10.6. The Hall–Kier alpha value is -1.18. The minimum atomic E-state index is -4.25. The normalized spacial score (nSPS) is 10.2. The molecule has 0 atom stereocenters. The van der Waals surface area contributed by atoms with E-state index >= 15 is 0 Å². The molecule has 0 fully saturated rings. The van der Waals surface area contributed by atoms with Gasteiger partial charge in [0.2, 0.25) is 6.41 Å². The summed E-state index contributed by atoms with van der Waals surface area (Å²) in [6.07, 6.45) is 2.16. The van der Waals surface area contributed by atoms with E-state index in [1.165, 1.54) is 17.2 Å². The summed E-state index contributed by atoms with van der Waals surface area (Å²) in [6, 6.07) is 1.25. The van der Waals surface area contributed by atoms with E-state index in [9.17, 15) is 13.2 Å². The number of pyridine rings is 1. The molecule has 1 rings (SSSR count). The monoisotopic (exact) mass is 280 g/mol. The van der Waals surface area contributed by atoms with Gasteiger partial charge in [0.15, 0.2) is 0 Å². The van der Waals surface area contributed by atoms with Gasteiger partial charge < -0.3 is 4.90 Å². The van der Waals surface area contributed by atoms with E-state index in [1.54, 1.807) is 21.0 Å². The van der Waals surface area contributed by atoms with Gasteiger partial charge in [-0.05, 0) is 18.6 Å². The van der Waals surface area contributed by atoms with Crippen molar-refractivity contribution in [3.63, 3.8) is 0 Å². The summed E-state index contributed by atoms with van der Waals surface area (Å²) in [7, 11) is -0.875. The lowest BCUT2D eigenvalue weighted by Crippen LogP contribution is -2.06. The third-order valence-corrected chi connectivity index (χ3v) is 2.71. The average molecular weight is 281 g/mol. The van der Waals surface area contributed by atoms with Crippen molar-refractivity contribution in [2.75, 3.05) is 14.1 Å². The zero-order chi connectivity index (χ0) is 13.6. The fourth-order valence-electron chi connectivity index (χ4n) is 0.707. The highest BCUT2D eigenvalue weighted by atomic mass is 35.5. The maximum Gasteiger partial charge on any atom is 0.297 e. The summed E-state index contributed by atoms with van der Waals surface area (Å²) in [5, 5.41) is -0.219. The molecular weight excluding hydrogens is 268 g/mol. The number of hydrogen-bond acceptors (Lipinski definition) is 4. The molecule has 0 radical (unpaired) electrons. The van der Waals surface area contributed by atoms with Crippen molar-refractivity contribution >= 4 is 28.1 Å². The molecule has 0 bridgehead atoms. The third-order valence-electron chi connectivity index (χ3n) is 1.43. The molecule has 0 aliphatic carbocycles. The van der Waals surface area contributed by atoms with Crippen LogP contribution in [0.4, 0.5) is 0 Å². The second kappa shape index (κ2) is 6.53. The lowest BCUT2D eigenvalue weighted by Gasteiger charge is -1.99. The lowest BCUT2D eigenvalue weighted by atomic mass is 10.3. The van der Waals surface area contributed by atoms with Crippen LogP contribution in [0.25, 0.3) is 0 Å². The minimum absolute atomic E-state index is 0.219. The summed E-state index contributed by atoms with van der Waals surface area (Å²) in [5.74, 6) is 0. The van der Waals surface area contributed by atoms with Crippen LogP contribution >= 0.6 is 11.6 Å². The van der Waals surface area contributed by atoms with Crippen LogP contribution in [0.15, 0.2) is 17.2 Å². The molecule has 0 saturated carbocycles. The molecule has 1 heterocycles. The quantitative estimate of drug-likeness (QED) is 0.496. The lowest BCUT2D eigenvalue weighted by molar-refractivity contribution is -0.115. The van der Waals surface area contributed by atoms with Crippen molar-refractivity contribution < 1.29 is 17.8 Å². The molecule has 1 N–H and O–H groups in total. The molecule has 0 spiro atoms. The molecular formula is C9H13ClN2O4S. The van der Waals surface area contributed by atoms with Crippen molar-refractivity contribution in [2.24, 2.45) is 0 Å². The Morgan fingerprint density at radius 2 is 1.94 bits per heavy atom. The molecule has 17 heavy (non-hydrogen) atoms. The zero-order valence-electron chi connectivity index (χ0n) is 9.58. The fraction of sp³-hybridized carbons (Fsp3) is 0.333. The molecule has 0 aromatic carbocycles. The van der Waals surface area contributed by atoms with Gasteiger partial charge in [0.05, 0.1) is 0 Å². The summed E-state index contributed by atoms with van der Waals surface area (Å²) in [4.78, 5) is 14.1. The third kappa shape index (κ3) is 6.20. The molecule has 0 saturated heterocycles. The highest BCUT2D eigenvalue weighted by Crippen LogP contribution is 2.18. The fourth-order valence-corrected chi connectivity index (χ4v) is 1.70. The second-order valence-electron chi connectivity index (χ2n) is 3.35. The number of aryl methyl sites for hydroxylation is 1. The first kappa shape index (κ1) is 15.8. The predicted molar refractivity (Wildman–Crippen MR) is 63.5 cm³/mol.